The molecule has 0 aliphatic carbocycles. The zero-order valence-electron chi connectivity index (χ0n) is 12.5. The lowest BCUT2D eigenvalue weighted by atomic mass is 10.1. The Hall–Kier alpha value is -2.04. The molecule has 1 atom stereocenters. The van der Waals surface area contributed by atoms with Crippen LogP contribution in [0.1, 0.15) is 28.9 Å². The van der Waals surface area contributed by atoms with Crippen LogP contribution in [0.5, 0.6) is 0 Å². The lowest BCUT2D eigenvalue weighted by molar-refractivity contribution is -0.120. The van der Waals surface area contributed by atoms with E-state index < -0.39 is 0 Å². The van der Waals surface area contributed by atoms with Crippen molar-refractivity contribution in [1.82, 2.24) is 10.6 Å². The Morgan fingerprint density at radius 3 is 2.39 bits per heavy atom. The van der Waals surface area contributed by atoms with E-state index in [1.807, 2.05) is 19.1 Å². The SMILES string of the molecule is CC(NC(=O)CNC(=O)c1cccc(Cl)c1)c1ccc(Cl)cc1. The first kappa shape index (κ1) is 17.3. The van der Waals surface area contributed by atoms with E-state index in [4.69, 9.17) is 23.2 Å². The minimum absolute atomic E-state index is 0.108. The van der Waals surface area contributed by atoms with Crippen LogP contribution in [0.25, 0.3) is 0 Å². The van der Waals surface area contributed by atoms with E-state index in [-0.39, 0.29) is 24.4 Å². The van der Waals surface area contributed by atoms with Gasteiger partial charge in [0.2, 0.25) is 5.91 Å². The molecule has 2 aromatic carbocycles. The zero-order chi connectivity index (χ0) is 16.8. The van der Waals surface area contributed by atoms with Crippen molar-refractivity contribution in [3.8, 4) is 0 Å². The van der Waals surface area contributed by atoms with Gasteiger partial charge >= 0.3 is 0 Å². The van der Waals surface area contributed by atoms with Gasteiger partial charge in [-0.15, -0.1) is 0 Å². The van der Waals surface area contributed by atoms with Crippen molar-refractivity contribution in [2.45, 2.75) is 13.0 Å². The fourth-order valence-corrected chi connectivity index (χ4v) is 2.34. The van der Waals surface area contributed by atoms with Crippen LogP contribution in [-0.2, 0) is 4.79 Å². The van der Waals surface area contributed by atoms with Crippen molar-refractivity contribution in [3.05, 3.63) is 69.7 Å². The van der Waals surface area contributed by atoms with E-state index in [1.165, 1.54) is 0 Å². The summed E-state index contributed by atoms with van der Waals surface area (Å²) in [6.45, 7) is 1.75. The summed E-state index contributed by atoms with van der Waals surface area (Å²) >= 11 is 11.7. The molecule has 2 N–H and O–H groups in total. The number of benzene rings is 2. The average molecular weight is 351 g/mol. The Morgan fingerprint density at radius 2 is 1.74 bits per heavy atom. The largest absolute Gasteiger partial charge is 0.348 e. The van der Waals surface area contributed by atoms with E-state index in [2.05, 4.69) is 10.6 Å². The number of hydrogen-bond acceptors (Lipinski definition) is 2. The van der Waals surface area contributed by atoms with Crippen molar-refractivity contribution < 1.29 is 9.59 Å². The van der Waals surface area contributed by atoms with Crippen molar-refractivity contribution in [3.63, 3.8) is 0 Å². The number of carbonyl (C=O) groups excluding carboxylic acids is 2. The van der Waals surface area contributed by atoms with Gasteiger partial charge in [0.1, 0.15) is 0 Å². The van der Waals surface area contributed by atoms with Crippen molar-refractivity contribution in [1.29, 1.82) is 0 Å². The highest BCUT2D eigenvalue weighted by molar-refractivity contribution is 6.31. The number of nitrogens with one attached hydrogen (secondary N) is 2. The number of amides is 2. The smallest absolute Gasteiger partial charge is 0.251 e. The van der Waals surface area contributed by atoms with Crippen molar-refractivity contribution >= 4 is 35.0 Å². The second-order valence-corrected chi connectivity index (χ2v) is 5.91. The summed E-state index contributed by atoms with van der Waals surface area (Å²) in [5, 5.41) is 6.48. The highest BCUT2D eigenvalue weighted by atomic mass is 35.5. The van der Waals surface area contributed by atoms with Gasteiger partial charge in [0.15, 0.2) is 0 Å². The summed E-state index contributed by atoms with van der Waals surface area (Å²) in [5.74, 6) is -0.621. The van der Waals surface area contributed by atoms with Crippen LogP contribution >= 0.6 is 23.2 Å². The van der Waals surface area contributed by atoms with Gasteiger partial charge in [0.05, 0.1) is 12.6 Å². The summed E-state index contributed by atoms with van der Waals surface area (Å²) < 4.78 is 0. The maximum absolute atomic E-state index is 11.9. The van der Waals surface area contributed by atoms with E-state index in [9.17, 15) is 9.59 Å². The second kappa shape index (κ2) is 7.99. The molecule has 0 saturated heterocycles. The maximum Gasteiger partial charge on any atom is 0.251 e. The third-order valence-corrected chi connectivity index (χ3v) is 3.73. The van der Waals surface area contributed by atoms with Gasteiger partial charge < -0.3 is 10.6 Å². The van der Waals surface area contributed by atoms with E-state index in [1.54, 1.807) is 36.4 Å². The minimum Gasteiger partial charge on any atom is -0.348 e. The van der Waals surface area contributed by atoms with Crippen LogP contribution in [0.3, 0.4) is 0 Å². The van der Waals surface area contributed by atoms with Crippen LogP contribution in [0.2, 0.25) is 10.0 Å². The fraction of sp³-hybridized carbons (Fsp3) is 0.176. The third-order valence-electron chi connectivity index (χ3n) is 3.24. The van der Waals surface area contributed by atoms with Gasteiger partial charge in [-0.25, -0.2) is 0 Å². The Labute approximate surface area is 144 Å². The van der Waals surface area contributed by atoms with Crippen LogP contribution < -0.4 is 10.6 Å². The summed E-state index contributed by atoms with van der Waals surface area (Å²) in [6, 6.07) is 13.6. The maximum atomic E-state index is 11.9. The average Bonchev–Trinajstić information content (AvgIpc) is 2.53. The predicted octanol–water partition coefficient (Wildman–Crippen LogP) is 3.60. The molecule has 0 aromatic heterocycles. The molecule has 120 valence electrons. The molecule has 1 unspecified atom stereocenters. The van der Waals surface area contributed by atoms with Gasteiger partial charge in [-0.05, 0) is 42.8 Å². The second-order valence-electron chi connectivity index (χ2n) is 5.03. The molecule has 0 spiro atoms. The van der Waals surface area contributed by atoms with Crippen LogP contribution in [0, 0.1) is 0 Å². The van der Waals surface area contributed by atoms with Crippen molar-refractivity contribution in [2.75, 3.05) is 6.54 Å². The topological polar surface area (TPSA) is 58.2 Å². The summed E-state index contributed by atoms with van der Waals surface area (Å²) in [5.41, 5.74) is 1.35. The Morgan fingerprint density at radius 1 is 1.04 bits per heavy atom. The molecule has 0 heterocycles. The molecule has 0 fully saturated rings. The molecule has 6 heteroatoms. The summed E-state index contributed by atoms with van der Waals surface area (Å²) in [7, 11) is 0. The molecule has 2 aromatic rings. The first-order valence-corrected chi connectivity index (χ1v) is 7.80. The van der Waals surface area contributed by atoms with Gasteiger partial charge in [-0.3, -0.25) is 9.59 Å². The monoisotopic (exact) mass is 350 g/mol. The Bertz CT molecular complexity index is 702. The molecule has 2 rings (SSSR count). The molecule has 23 heavy (non-hydrogen) atoms. The lowest BCUT2D eigenvalue weighted by Gasteiger charge is -2.14. The van der Waals surface area contributed by atoms with Crippen LogP contribution in [0.4, 0.5) is 0 Å². The number of hydrogen-bond donors (Lipinski definition) is 2. The Kier molecular flexibility index (Phi) is 6.02. The van der Waals surface area contributed by atoms with Crippen LogP contribution in [-0.4, -0.2) is 18.4 Å². The highest BCUT2D eigenvalue weighted by Crippen LogP contribution is 2.15. The lowest BCUT2D eigenvalue weighted by Crippen LogP contribution is -2.38. The van der Waals surface area contributed by atoms with E-state index in [0.717, 1.165) is 5.56 Å². The number of rotatable bonds is 5. The summed E-state index contributed by atoms with van der Waals surface area (Å²) in [4.78, 5) is 23.8. The van der Waals surface area contributed by atoms with Crippen molar-refractivity contribution in [2.24, 2.45) is 0 Å². The molecule has 0 aliphatic heterocycles. The standard InChI is InChI=1S/C17H16Cl2N2O2/c1-11(12-5-7-14(18)8-6-12)21-16(22)10-20-17(23)13-3-2-4-15(19)9-13/h2-9,11H,10H2,1H3,(H,20,23)(H,21,22). The molecule has 0 aliphatic rings. The minimum atomic E-state index is -0.346. The quantitative estimate of drug-likeness (QED) is 0.865. The molecule has 0 saturated carbocycles. The van der Waals surface area contributed by atoms with Gasteiger partial charge in [-0.1, -0.05) is 41.4 Å². The molecular weight excluding hydrogens is 335 g/mol. The highest BCUT2D eigenvalue weighted by Gasteiger charge is 2.11. The van der Waals surface area contributed by atoms with E-state index in [0.29, 0.717) is 15.6 Å². The van der Waals surface area contributed by atoms with E-state index >= 15 is 0 Å². The normalized spacial score (nSPS) is 11.6. The third kappa shape index (κ3) is 5.27. The predicted molar refractivity (Wildman–Crippen MR) is 91.8 cm³/mol. The van der Waals surface area contributed by atoms with Crippen LogP contribution in [0.15, 0.2) is 48.5 Å². The van der Waals surface area contributed by atoms with Gasteiger partial charge in [0, 0.05) is 15.6 Å². The molecule has 0 radical (unpaired) electrons. The van der Waals surface area contributed by atoms with Gasteiger partial charge in [-0.2, -0.15) is 0 Å². The Balaban J connectivity index is 1.85. The number of halogens is 2. The zero-order valence-corrected chi connectivity index (χ0v) is 14.0. The molecule has 2 amide bonds. The molecule has 0 bridgehead atoms. The summed E-state index contributed by atoms with van der Waals surface area (Å²) in [6.07, 6.45) is 0. The van der Waals surface area contributed by atoms with Gasteiger partial charge in [0.25, 0.3) is 5.91 Å². The first-order valence-electron chi connectivity index (χ1n) is 7.04. The molecule has 4 nitrogen and oxygen atoms in total. The number of carbonyl (C=O) groups is 2. The fourth-order valence-electron chi connectivity index (χ4n) is 2.02. The first-order chi connectivity index (χ1) is 11.0. The molecular formula is C17H16Cl2N2O2.